The molecule has 3 aromatic rings. The maximum atomic E-state index is 13.4. The first kappa shape index (κ1) is 21.5. The van der Waals surface area contributed by atoms with Crippen LogP contribution in [0.2, 0.25) is 5.02 Å². The quantitative estimate of drug-likeness (QED) is 0.528. The van der Waals surface area contributed by atoms with Gasteiger partial charge >= 0.3 is 0 Å². The summed E-state index contributed by atoms with van der Waals surface area (Å²) < 4.78 is 10.5. The molecule has 6 nitrogen and oxygen atoms in total. The molecule has 3 aromatic carbocycles. The summed E-state index contributed by atoms with van der Waals surface area (Å²) in [6.07, 6.45) is 0. The molecule has 0 saturated heterocycles. The third kappa shape index (κ3) is 4.18. The number of halogens is 1. The molecule has 0 radical (unpaired) electrons. The number of nitrogens with zero attached hydrogens (tertiary/aromatic N) is 1. The lowest BCUT2D eigenvalue weighted by Crippen LogP contribution is -2.32. The van der Waals surface area contributed by atoms with Gasteiger partial charge in [-0.15, -0.1) is 0 Å². The summed E-state index contributed by atoms with van der Waals surface area (Å²) in [5, 5.41) is 3.62. The van der Waals surface area contributed by atoms with Gasteiger partial charge in [-0.05, 0) is 41.5 Å². The molecule has 162 valence electrons. The number of hydrogen-bond acceptors (Lipinski definition) is 5. The summed E-state index contributed by atoms with van der Waals surface area (Å²) in [7, 11) is 3.14. The van der Waals surface area contributed by atoms with Gasteiger partial charge in [0.1, 0.15) is 17.2 Å². The van der Waals surface area contributed by atoms with E-state index in [1.807, 2.05) is 6.07 Å². The average Bonchev–Trinajstić information content (AvgIpc) is 3.04. The van der Waals surface area contributed by atoms with Crippen molar-refractivity contribution < 1.29 is 19.1 Å². The van der Waals surface area contributed by atoms with E-state index in [1.54, 1.807) is 80.9 Å². The van der Waals surface area contributed by atoms with E-state index in [0.717, 1.165) is 0 Å². The predicted octanol–water partition coefficient (Wildman–Crippen LogP) is 4.75. The number of imide groups is 1. The number of rotatable bonds is 7. The third-order valence-corrected chi connectivity index (χ3v) is 5.54. The van der Waals surface area contributed by atoms with E-state index in [2.05, 4.69) is 5.32 Å². The van der Waals surface area contributed by atoms with Gasteiger partial charge in [-0.1, -0.05) is 48.0 Å². The number of amides is 2. The molecule has 1 N–H and O–H groups in total. The number of ether oxygens (including phenoxy) is 2. The van der Waals surface area contributed by atoms with Gasteiger partial charge in [0, 0.05) is 16.8 Å². The molecule has 4 rings (SSSR count). The molecule has 1 heterocycles. The smallest absolute Gasteiger partial charge is 0.278 e. The van der Waals surface area contributed by atoms with Gasteiger partial charge in [0.2, 0.25) is 0 Å². The fourth-order valence-electron chi connectivity index (χ4n) is 3.50. The van der Waals surface area contributed by atoms with Crippen LogP contribution in [0.3, 0.4) is 0 Å². The molecule has 0 bridgehead atoms. The molecule has 0 fully saturated rings. The Kier molecular flexibility index (Phi) is 6.14. The summed E-state index contributed by atoms with van der Waals surface area (Å²) in [6.45, 7) is 0.0697. The summed E-state index contributed by atoms with van der Waals surface area (Å²) in [5.41, 5.74) is 2.41. The fraction of sp³-hybridized carbons (Fsp3) is 0.120. The van der Waals surface area contributed by atoms with Crippen LogP contribution < -0.4 is 14.8 Å². The van der Waals surface area contributed by atoms with Crippen LogP contribution in [-0.2, 0) is 16.1 Å². The second-order valence-corrected chi connectivity index (χ2v) is 7.53. The van der Waals surface area contributed by atoms with Gasteiger partial charge in [0.15, 0.2) is 0 Å². The Morgan fingerprint density at radius 3 is 2.25 bits per heavy atom. The van der Waals surface area contributed by atoms with Crippen molar-refractivity contribution in [2.75, 3.05) is 19.5 Å². The van der Waals surface area contributed by atoms with Crippen LogP contribution in [0.1, 0.15) is 11.1 Å². The number of carbonyl (C=O) groups excluding carboxylic acids is 2. The summed E-state index contributed by atoms with van der Waals surface area (Å²) in [5.74, 6) is 0.460. The van der Waals surface area contributed by atoms with E-state index in [4.69, 9.17) is 21.1 Å². The Labute approximate surface area is 191 Å². The van der Waals surface area contributed by atoms with Crippen molar-refractivity contribution in [1.29, 1.82) is 0 Å². The van der Waals surface area contributed by atoms with Crippen LogP contribution in [-0.4, -0.2) is 30.9 Å². The van der Waals surface area contributed by atoms with Gasteiger partial charge in [-0.25, -0.2) is 0 Å². The SMILES string of the molecule is COc1ccc(C2=C(Nc3cccc(OC)c3)C(=O)N(Cc3ccccc3Cl)C2=O)cc1. The van der Waals surface area contributed by atoms with Crippen molar-refractivity contribution in [3.63, 3.8) is 0 Å². The summed E-state index contributed by atoms with van der Waals surface area (Å²) >= 11 is 6.28. The second kappa shape index (κ2) is 9.16. The number of hydrogen-bond donors (Lipinski definition) is 1. The van der Waals surface area contributed by atoms with Gasteiger partial charge in [-0.3, -0.25) is 14.5 Å². The fourth-order valence-corrected chi connectivity index (χ4v) is 3.70. The first-order valence-corrected chi connectivity index (χ1v) is 10.3. The van der Waals surface area contributed by atoms with Gasteiger partial charge < -0.3 is 14.8 Å². The second-order valence-electron chi connectivity index (χ2n) is 7.12. The lowest BCUT2D eigenvalue weighted by Gasteiger charge is -2.16. The zero-order valence-corrected chi connectivity index (χ0v) is 18.3. The van der Waals surface area contributed by atoms with Crippen molar-refractivity contribution in [1.82, 2.24) is 4.90 Å². The van der Waals surface area contributed by atoms with Crippen molar-refractivity contribution >= 4 is 34.7 Å². The van der Waals surface area contributed by atoms with Crippen LogP contribution in [0.25, 0.3) is 5.57 Å². The van der Waals surface area contributed by atoms with Crippen LogP contribution in [0.4, 0.5) is 5.69 Å². The topological polar surface area (TPSA) is 67.9 Å². The van der Waals surface area contributed by atoms with Gasteiger partial charge in [0.05, 0.1) is 26.3 Å². The first-order valence-electron chi connectivity index (χ1n) is 9.91. The summed E-state index contributed by atoms with van der Waals surface area (Å²) in [6, 6.07) is 21.3. The molecule has 0 atom stereocenters. The highest BCUT2D eigenvalue weighted by atomic mass is 35.5. The third-order valence-electron chi connectivity index (χ3n) is 5.17. The largest absolute Gasteiger partial charge is 0.497 e. The minimum atomic E-state index is -0.427. The van der Waals surface area contributed by atoms with Crippen molar-refractivity contribution in [3.05, 3.63) is 94.6 Å². The molecule has 0 aliphatic carbocycles. The number of benzene rings is 3. The molecule has 7 heteroatoms. The Bertz CT molecular complexity index is 1200. The number of carbonyl (C=O) groups is 2. The monoisotopic (exact) mass is 448 g/mol. The molecular formula is C25H21ClN2O4. The van der Waals surface area contributed by atoms with Gasteiger partial charge in [0.25, 0.3) is 11.8 Å². The van der Waals surface area contributed by atoms with E-state index in [-0.39, 0.29) is 17.8 Å². The minimum Gasteiger partial charge on any atom is -0.497 e. The van der Waals surface area contributed by atoms with E-state index < -0.39 is 11.8 Å². The predicted molar refractivity (Wildman–Crippen MR) is 124 cm³/mol. The standard InChI is InChI=1S/C25H21ClN2O4/c1-31-19-12-10-16(11-13-19)22-23(27-18-7-5-8-20(14-18)32-2)25(30)28(24(22)29)15-17-6-3-4-9-21(17)26/h3-14,27H,15H2,1-2H3. The Balaban J connectivity index is 1.75. The van der Waals surface area contributed by atoms with E-state index in [0.29, 0.717) is 33.3 Å². The van der Waals surface area contributed by atoms with Crippen molar-refractivity contribution in [2.45, 2.75) is 6.54 Å². The van der Waals surface area contributed by atoms with E-state index >= 15 is 0 Å². The molecule has 0 spiro atoms. The highest BCUT2D eigenvalue weighted by Gasteiger charge is 2.39. The molecule has 2 amide bonds. The summed E-state index contributed by atoms with van der Waals surface area (Å²) in [4.78, 5) is 28.0. The minimum absolute atomic E-state index is 0.0697. The van der Waals surface area contributed by atoms with Crippen LogP contribution in [0, 0.1) is 0 Å². The lowest BCUT2D eigenvalue weighted by molar-refractivity contribution is -0.137. The maximum Gasteiger partial charge on any atom is 0.278 e. The zero-order chi connectivity index (χ0) is 22.7. The maximum absolute atomic E-state index is 13.4. The normalized spacial score (nSPS) is 13.5. The van der Waals surface area contributed by atoms with Crippen molar-refractivity contribution in [3.8, 4) is 11.5 Å². The molecule has 0 unspecified atom stereocenters. The molecule has 1 aliphatic heterocycles. The average molecular weight is 449 g/mol. The Morgan fingerprint density at radius 2 is 1.56 bits per heavy atom. The molecular weight excluding hydrogens is 428 g/mol. The number of nitrogens with one attached hydrogen (secondary N) is 1. The first-order chi connectivity index (χ1) is 15.5. The highest BCUT2D eigenvalue weighted by Crippen LogP contribution is 2.33. The zero-order valence-electron chi connectivity index (χ0n) is 17.6. The molecule has 0 saturated carbocycles. The lowest BCUT2D eigenvalue weighted by atomic mass is 10.0. The van der Waals surface area contributed by atoms with Crippen molar-refractivity contribution in [2.24, 2.45) is 0 Å². The van der Waals surface area contributed by atoms with Gasteiger partial charge in [-0.2, -0.15) is 0 Å². The van der Waals surface area contributed by atoms with Crippen LogP contribution >= 0.6 is 11.6 Å². The van der Waals surface area contributed by atoms with E-state index in [9.17, 15) is 9.59 Å². The molecule has 32 heavy (non-hydrogen) atoms. The van der Waals surface area contributed by atoms with Crippen LogP contribution in [0.15, 0.2) is 78.5 Å². The Hall–Kier alpha value is -3.77. The highest BCUT2D eigenvalue weighted by molar-refractivity contribution is 6.36. The van der Waals surface area contributed by atoms with Crippen LogP contribution in [0.5, 0.6) is 11.5 Å². The van der Waals surface area contributed by atoms with E-state index in [1.165, 1.54) is 4.90 Å². The molecule has 0 aromatic heterocycles. The number of methoxy groups -OCH3 is 2. The molecule has 1 aliphatic rings. The number of anilines is 1. The Morgan fingerprint density at radius 1 is 0.844 bits per heavy atom.